The van der Waals surface area contributed by atoms with Gasteiger partial charge in [-0.25, -0.2) is 13.2 Å². The lowest BCUT2D eigenvalue weighted by Crippen LogP contribution is -2.42. The van der Waals surface area contributed by atoms with E-state index in [4.69, 9.17) is 16.3 Å². The number of thiazole rings is 1. The normalized spacial score (nSPS) is 17.3. The van der Waals surface area contributed by atoms with Gasteiger partial charge in [0.2, 0.25) is 10.0 Å². The van der Waals surface area contributed by atoms with Crippen LogP contribution in [0.1, 0.15) is 30.1 Å². The fourth-order valence-electron chi connectivity index (χ4n) is 4.11. The van der Waals surface area contributed by atoms with Crippen molar-refractivity contribution in [1.29, 1.82) is 0 Å². The average molecular weight is 548 g/mol. The van der Waals surface area contributed by atoms with Gasteiger partial charge in [-0.1, -0.05) is 29.0 Å². The minimum atomic E-state index is -3.75. The average Bonchev–Trinajstić information content (AvgIpc) is 3.20. The number of piperidine rings is 1. The molecule has 1 saturated heterocycles. The zero-order valence-corrected chi connectivity index (χ0v) is 22.1. The number of carbonyl (C=O) groups is 2. The van der Waals surface area contributed by atoms with Gasteiger partial charge in [0.1, 0.15) is 0 Å². The summed E-state index contributed by atoms with van der Waals surface area (Å²) < 4.78 is 35.3. The van der Waals surface area contributed by atoms with Crippen molar-refractivity contribution in [3.8, 4) is 0 Å². The number of benzene rings is 2. The molecule has 8 nitrogen and oxygen atoms in total. The van der Waals surface area contributed by atoms with Gasteiger partial charge in [0.05, 0.1) is 33.2 Å². The van der Waals surface area contributed by atoms with E-state index in [0.29, 0.717) is 41.3 Å². The van der Waals surface area contributed by atoms with E-state index in [0.717, 1.165) is 10.2 Å². The molecular formula is C25H26ClN3O5S2. The summed E-state index contributed by atoms with van der Waals surface area (Å²) in [7, 11) is -3.75. The number of aromatic nitrogens is 1. The minimum Gasteiger partial charge on any atom is -0.462 e. The van der Waals surface area contributed by atoms with E-state index in [-0.39, 0.29) is 24.0 Å². The third kappa shape index (κ3) is 5.46. The van der Waals surface area contributed by atoms with Crippen molar-refractivity contribution in [3.63, 3.8) is 0 Å². The molecule has 0 saturated carbocycles. The molecule has 0 aliphatic carbocycles. The van der Waals surface area contributed by atoms with Crippen molar-refractivity contribution in [2.24, 2.45) is 10.9 Å². The van der Waals surface area contributed by atoms with Crippen LogP contribution in [0.4, 0.5) is 0 Å². The number of esters is 1. The summed E-state index contributed by atoms with van der Waals surface area (Å²) in [5, 5.41) is 0.449. The first-order valence-electron chi connectivity index (χ1n) is 11.5. The Morgan fingerprint density at radius 3 is 2.69 bits per heavy atom. The van der Waals surface area contributed by atoms with Crippen LogP contribution in [0, 0.1) is 5.92 Å². The first kappa shape index (κ1) is 26.3. The smallest absolute Gasteiger partial charge is 0.338 e. The Morgan fingerprint density at radius 2 is 2.00 bits per heavy atom. The molecule has 2 aromatic carbocycles. The van der Waals surface area contributed by atoms with Gasteiger partial charge >= 0.3 is 5.97 Å². The summed E-state index contributed by atoms with van der Waals surface area (Å²) in [6, 6.07) is 11.2. The number of sulfonamides is 1. The number of allylic oxidation sites excluding steroid dienone is 1. The number of amides is 1. The van der Waals surface area contributed by atoms with Crippen LogP contribution >= 0.6 is 22.9 Å². The van der Waals surface area contributed by atoms with E-state index in [2.05, 4.69) is 11.6 Å². The van der Waals surface area contributed by atoms with Gasteiger partial charge in [0, 0.05) is 24.7 Å². The number of halogens is 1. The predicted octanol–water partition coefficient (Wildman–Crippen LogP) is 4.25. The molecule has 3 aromatic rings. The second-order valence-electron chi connectivity index (χ2n) is 8.29. The van der Waals surface area contributed by atoms with Crippen molar-refractivity contribution in [2.75, 3.05) is 19.7 Å². The number of hydrogen-bond donors (Lipinski definition) is 0. The van der Waals surface area contributed by atoms with Crippen LogP contribution in [0.2, 0.25) is 5.02 Å². The first-order valence-corrected chi connectivity index (χ1v) is 14.1. The number of rotatable bonds is 7. The van der Waals surface area contributed by atoms with Crippen molar-refractivity contribution in [2.45, 2.75) is 31.2 Å². The minimum absolute atomic E-state index is 0.0622. The second-order valence-corrected chi connectivity index (χ2v) is 11.7. The molecule has 11 heteroatoms. The predicted molar refractivity (Wildman–Crippen MR) is 139 cm³/mol. The molecule has 0 N–H and O–H groups in total. The van der Waals surface area contributed by atoms with Gasteiger partial charge in [-0.3, -0.25) is 4.79 Å². The fourth-order valence-corrected chi connectivity index (χ4v) is 6.84. The highest BCUT2D eigenvalue weighted by Crippen LogP contribution is 2.26. The molecule has 2 heterocycles. The van der Waals surface area contributed by atoms with Crippen LogP contribution < -0.4 is 4.80 Å². The topological polar surface area (TPSA) is 98.0 Å². The second kappa shape index (κ2) is 11.1. The highest BCUT2D eigenvalue weighted by atomic mass is 35.5. The number of ether oxygens (including phenoxy) is 1. The Balaban J connectivity index is 1.63. The zero-order chi connectivity index (χ0) is 25.9. The molecule has 1 aliphatic heterocycles. The SMILES string of the molecule is C=CCn1c(=NC(=O)C2CCCN(S(=O)(=O)c3ccc(Cl)cc3)C2)sc2cc(C(=O)OCC)ccc21. The largest absolute Gasteiger partial charge is 0.462 e. The molecule has 36 heavy (non-hydrogen) atoms. The molecule has 4 rings (SSSR count). The fraction of sp³-hybridized carbons (Fsp3) is 0.320. The summed E-state index contributed by atoms with van der Waals surface area (Å²) in [5.74, 6) is -1.35. The van der Waals surface area contributed by atoms with Crippen LogP contribution in [0.5, 0.6) is 0 Å². The lowest BCUT2D eigenvalue weighted by Gasteiger charge is -2.30. The summed E-state index contributed by atoms with van der Waals surface area (Å²) >= 11 is 7.18. The van der Waals surface area contributed by atoms with E-state index in [1.54, 1.807) is 31.2 Å². The molecular weight excluding hydrogens is 522 g/mol. The number of carbonyl (C=O) groups excluding carboxylic acids is 2. The van der Waals surface area contributed by atoms with E-state index >= 15 is 0 Å². The molecule has 1 amide bonds. The third-order valence-corrected chi connectivity index (χ3v) is 9.07. The van der Waals surface area contributed by atoms with Gasteiger partial charge in [0.15, 0.2) is 4.80 Å². The maximum Gasteiger partial charge on any atom is 0.338 e. The van der Waals surface area contributed by atoms with Crippen molar-refractivity contribution >= 4 is 55.1 Å². The van der Waals surface area contributed by atoms with Crippen molar-refractivity contribution in [1.82, 2.24) is 8.87 Å². The van der Waals surface area contributed by atoms with Gasteiger partial charge < -0.3 is 9.30 Å². The van der Waals surface area contributed by atoms with Crippen LogP contribution in [0.25, 0.3) is 10.2 Å². The molecule has 1 fully saturated rings. The Hall–Kier alpha value is -2.79. The highest BCUT2D eigenvalue weighted by Gasteiger charge is 2.33. The van der Waals surface area contributed by atoms with Crippen LogP contribution in [0.15, 0.2) is 65.0 Å². The molecule has 1 unspecified atom stereocenters. The van der Waals surface area contributed by atoms with Gasteiger partial charge in [-0.05, 0) is 62.2 Å². The Labute approximate surface area is 218 Å². The van der Waals surface area contributed by atoms with E-state index in [1.165, 1.54) is 39.9 Å². The third-order valence-electron chi connectivity index (χ3n) is 5.90. The lowest BCUT2D eigenvalue weighted by atomic mass is 9.99. The van der Waals surface area contributed by atoms with Gasteiger partial charge in [-0.2, -0.15) is 9.30 Å². The number of fused-ring (bicyclic) bond motifs is 1. The number of nitrogens with zero attached hydrogens (tertiary/aromatic N) is 3. The van der Waals surface area contributed by atoms with Crippen LogP contribution in [-0.2, 0) is 26.1 Å². The lowest BCUT2D eigenvalue weighted by molar-refractivity contribution is -0.122. The van der Waals surface area contributed by atoms with E-state index < -0.39 is 21.9 Å². The zero-order valence-electron chi connectivity index (χ0n) is 19.7. The molecule has 1 aliphatic rings. The highest BCUT2D eigenvalue weighted by molar-refractivity contribution is 7.89. The van der Waals surface area contributed by atoms with Gasteiger partial charge in [-0.15, -0.1) is 6.58 Å². The number of hydrogen-bond acceptors (Lipinski definition) is 6. The van der Waals surface area contributed by atoms with Gasteiger partial charge in [0.25, 0.3) is 5.91 Å². The van der Waals surface area contributed by atoms with Crippen LogP contribution in [-0.4, -0.2) is 48.9 Å². The summed E-state index contributed by atoms with van der Waals surface area (Å²) in [6.45, 7) is 6.64. The Morgan fingerprint density at radius 1 is 1.25 bits per heavy atom. The monoisotopic (exact) mass is 547 g/mol. The van der Waals surface area contributed by atoms with Crippen molar-refractivity contribution in [3.05, 3.63) is 70.5 Å². The molecule has 1 aromatic heterocycles. The standard InChI is InChI=1S/C25H26ClN3O5S2/c1-3-13-29-21-12-7-17(24(31)34-4-2)15-22(21)35-25(29)27-23(30)18-6-5-14-28(16-18)36(32,33)20-10-8-19(26)9-11-20/h3,7-12,15,18H,1,4-6,13-14,16H2,2H3. The quantitative estimate of drug-likeness (QED) is 0.325. The summed E-state index contributed by atoms with van der Waals surface area (Å²) in [4.78, 5) is 30.3. The summed E-state index contributed by atoms with van der Waals surface area (Å²) in [6.07, 6.45) is 2.81. The molecule has 1 atom stereocenters. The van der Waals surface area contributed by atoms with E-state index in [1.807, 2.05) is 4.57 Å². The van der Waals surface area contributed by atoms with E-state index in [9.17, 15) is 18.0 Å². The Bertz CT molecular complexity index is 1480. The molecule has 0 radical (unpaired) electrons. The van der Waals surface area contributed by atoms with Crippen LogP contribution in [0.3, 0.4) is 0 Å². The summed E-state index contributed by atoms with van der Waals surface area (Å²) in [5.41, 5.74) is 1.24. The maximum absolute atomic E-state index is 13.2. The maximum atomic E-state index is 13.2. The first-order chi connectivity index (χ1) is 17.2. The molecule has 190 valence electrons. The molecule has 0 bridgehead atoms. The molecule has 0 spiro atoms. The van der Waals surface area contributed by atoms with Crippen molar-refractivity contribution < 1.29 is 22.7 Å². The Kier molecular flexibility index (Phi) is 8.09.